The van der Waals surface area contributed by atoms with Crippen LogP contribution in [0.1, 0.15) is 26.3 Å². The van der Waals surface area contributed by atoms with Crippen molar-refractivity contribution in [1.29, 1.82) is 0 Å². The summed E-state index contributed by atoms with van der Waals surface area (Å²) in [6.07, 6.45) is 3.24. The molecule has 0 spiro atoms. The van der Waals surface area contributed by atoms with Gasteiger partial charge in [0.25, 0.3) is 0 Å². The van der Waals surface area contributed by atoms with Crippen LogP contribution in [0.4, 0.5) is 0 Å². The molecule has 3 nitrogen and oxygen atoms in total. The van der Waals surface area contributed by atoms with E-state index in [0.29, 0.717) is 0 Å². The van der Waals surface area contributed by atoms with Gasteiger partial charge < -0.3 is 0 Å². The highest BCUT2D eigenvalue weighted by atomic mass is 16.6. The van der Waals surface area contributed by atoms with Crippen LogP contribution < -0.4 is 0 Å². The zero-order valence-electron chi connectivity index (χ0n) is 8.19. The number of rotatable bonds is 0. The second kappa shape index (κ2) is 4.03. The van der Waals surface area contributed by atoms with E-state index < -0.39 is 0 Å². The van der Waals surface area contributed by atoms with Crippen molar-refractivity contribution >= 4 is 0 Å². The fraction of sp³-hybridized carbons (Fsp3) is 0.400. The van der Waals surface area contributed by atoms with Crippen LogP contribution in [-0.4, -0.2) is 10.3 Å². The predicted octanol–water partition coefficient (Wildman–Crippen LogP) is 2.49. The molecule has 0 unspecified atom stereocenters. The summed E-state index contributed by atoms with van der Waals surface area (Å²) in [5.41, 5.74) is 1.18. The lowest BCUT2D eigenvalue weighted by molar-refractivity contribution is 0.286. The third kappa shape index (κ3) is 3.23. The summed E-state index contributed by atoms with van der Waals surface area (Å²) in [4.78, 5) is 0. The van der Waals surface area contributed by atoms with Gasteiger partial charge in [0.05, 0.1) is 12.4 Å². The number of hydrogen-bond donors (Lipinski definition) is 0. The molecule has 1 rings (SSSR count). The van der Waals surface area contributed by atoms with Crippen molar-refractivity contribution in [1.82, 2.24) is 10.3 Å². The van der Waals surface area contributed by atoms with Gasteiger partial charge in [0, 0.05) is 0 Å². The maximum Gasteiger partial charge on any atom is 0.0733 e. The third-order valence-corrected chi connectivity index (χ3v) is 1.69. The average molecular weight is 178 g/mol. The van der Waals surface area contributed by atoms with E-state index in [9.17, 15) is 0 Å². The van der Waals surface area contributed by atoms with E-state index in [1.54, 1.807) is 18.5 Å². The molecule has 0 N–H and O–H groups in total. The van der Waals surface area contributed by atoms with Crippen LogP contribution in [0.2, 0.25) is 0 Å². The second-order valence-corrected chi connectivity index (χ2v) is 3.83. The maximum atomic E-state index is 4.63. The smallest absolute Gasteiger partial charge is 0.0733 e. The molecule has 0 aliphatic rings. The molecular weight excluding hydrogens is 164 g/mol. The fourth-order valence-electron chi connectivity index (χ4n) is 0.866. The first-order valence-electron chi connectivity index (χ1n) is 4.21. The Morgan fingerprint density at radius 3 is 2.62 bits per heavy atom. The molecule has 0 aromatic carbocycles. The van der Waals surface area contributed by atoms with Gasteiger partial charge in [0.1, 0.15) is 0 Å². The molecule has 0 saturated carbocycles. The average Bonchev–Trinajstić information content (AvgIpc) is 2.14. The van der Waals surface area contributed by atoms with Gasteiger partial charge in [-0.25, -0.2) is 4.63 Å². The first-order chi connectivity index (χ1) is 6.11. The van der Waals surface area contributed by atoms with Crippen molar-refractivity contribution in [2.75, 3.05) is 0 Å². The van der Waals surface area contributed by atoms with E-state index in [1.807, 2.05) is 12.1 Å². The Morgan fingerprint density at radius 1 is 1.15 bits per heavy atom. The van der Waals surface area contributed by atoms with Gasteiger partial charge in [-0.3, -0.25) is 0 Å². The molecule has 0 saturated heterocycles. The van der Waals surface area contributed by atoms with Crippen LogP contribution in [0.25, 0.3) is 0 Å². The molecule has 0 aliphatic carbocycles. The Morgan fingerprint density at radius 2 is 1.92 bits per heavy atom. The zero-order chi connectivity index (χ0) is 9.73. The van der Waals surface area contributed by atoms with Crippen LogP contribution in [-0.2, 0) is 5.41 Å². The molecule has 0 atom stereocenters. The van der Waals surface area contributed by atoms with Gasteiger partial charge in [-0.05, 0) is 17.0 Å². The lowest BCUT2D eigenvalue weighted by Crippen LogP contribution is -2.10. The largest absolute Gasteiger partial charge is 0.245 e. The molecular formula is C10H14N2O. The topological polar surface area (TPSA) is 38.9 Å². The lowest BCUT2D eigenvalue weighted by Gasteiger charge is -2.16. The van der Waals surface area contributed by atoms with E-state index >= 15 is 0 Å². The van der Waals surface area contributed by atoms with Crippen molar-refractivity contribution in [3.05, 3.63) is 36.2 Å². The molecule has 1 heterocycles. The molecule has 70 valence electrons. The van der Waals surface area contributed by atoms with Gasteiger partial charge in [-0.15, -0.1) is 0 Å². The van der Waals surface area contributed by atoms with E-state index in [2.05, 4.69) is 35.7 Å². The second-order valence-electron chi connectivity index (χ2n) is 3.83. The van der Waals surface area contributed by atoms with Gasteiger partial charge in [-0.1, -0.05) is 43.2 Å². The molecule has 1 aromatic rings. The third-order valence-electron chi connectivity index (χ3n) is 1.69. The summed E-state index contributed by atoms with van der Waals surface area (Å²) in [5.74, 6) is 0. The van der Waals surface area contributed by atoms with E-state index in [-0.39, 0.29) is 5.41 Å². The van der Waals surface area contributed by atoms with E-state index in [4.69, 9.17) is 0 Å². The molecule has 13 heavy (non-hydrogen) atoms. The fourth-order valence-corrected chi connectivity index (χ4v) is 0.866. The van der Waals surface area contributed by atoms with Crippen LogP contribution >= 0.6 is 0 Å². The number of aromatic nitrogens is 2. The van der Waals surface area contributed by atoms with E-state index in [1.165, 1.54) is 0 Å². The summed E-state index contributed by atoms with van der Waals surface area (Å²) in [7, 11) is 0. The normalized spacial score (nSPS) is 10.7. The quantitative estimate of drug-likeness (QED) is 0.612. The predicted molar refractivity (Wildman–Crippen MR) is 50.6 cm³/mol. The Balaban J connectivity index is 3.20. The molecule has 0 aliphatic heterocycles. The van der Waals surface area contributed by atoms with Gasteiger partial charge in [-0.2, -0.15) is 0 Å². The minimum absolute atomic E-state index is 0.0710. The Kier molecular flexibility index (Phi) is 3.01. The summed E-state index contributed by atoms with van der Waals surface area (Å²) in [6, 6.07) is 5.73. The lowest BCUT2D eigenvalue weighted by atomic mass is 9.89. The first kappa shape index (κ1) is 9.71. The van der Waals surface area contributed by atoms with Crippen molar-refractivity contribution in [2.24, 2.45) is 0 Å². The van der Waals surface area contributed by atoms with Crippen molar-refractivity contribution in [3.8, 4) is 0 Å². The highest BCUT2D eigenvalue weighted by Crippen LogP contribution is 2.19. The molecule has 0 fully saturated rings. The SMILES string of the molecule is CC(C)(C)c1ccccnonc1. The van der Waals surface area contributed by atoms with Crippen LogP contribution in [0.3, 0.4) is 0 Å². The molecule has 3 heteroatoms. The van der Waals surface area contributed by atoms with Crippen molar-refractivity contribution in [3.63, 3.8) is 0 Å². The highest BCUT2D eigenvalue weighted by molar-refractivity contribution is 5.15. The molecule has 0 radical (unpaired) electrons. The van der Waals surface area contributed by atoms with Gasteiger partial charge in [0.15, 0.2) is 0 Å². The molecule has 0 amide bonds. The molecule has 0 bridgehead atoms. The summed E-state index contributed by atoms with van der Waals surface area (Å²) < 4.78 is 4.63. The van der Waals surface area contributed by atoms with Crippen LogP contribution in [0.15, 0.2) is 35.2 Å². The number of hydrogen-bond acceptors (Lipinski definition) is 3. The minimum atomic E-state index is 0.0710. The minimum Gasteiger partial charge on any atom is -0.245 e. The van der Waals surface area contributed by atoms with Crippen LogP contribution in [0, 0.1) is 0 Å². The summed E-state index contributed by atoms with van der Waals surface area (Å²) >= 11 is 0. The molecule has 1 aromatic heterocycles. The van der Waals surface area contributed by atoms with Gasteiger partial charge in [0.2, 0.25) is 0 Å². The maximum absolute atomic E-state index is 4.63. The van der Waals surface area contributed by atoms with Crippen molar-refractivity contribution < 1.29 is 4.63 Å². The standard InChI is InChI=1S/C10H14N2O/c1-10(2,3)9-6-4-5-7-11-13-12-8-9/h4-8H,1-3H3. The van der Waals surface area contributed by atoms with Gasteiger partial charge >= 0.3 is 0 Å². The Labute approximate surface area is 78.1 Å². The van der Waals surface area contributed by atoms with Crippen molar-refractivity contribution in [2.45, 2.75) is 26.2 Å². The monoisotopic (exact) mass is 178 g/mol. The van der Waals surface area contributed by atoms with E-state index in [0.717, 1.165) is 5.56 Å². The Bertz CT molecular complexity index is 287. The van der Waals surface area contributed by atoms with Crippen LogP contribution in [0.5, 0.6) is 0 Å². The Hall–Kier alpha value is -1.38. The first-order valence-corrected chi connectivity index (χ1v) is 4.21. The zero-order valence-corrected chi connectivity index (χ0v) is 8.19. The summed E-state index contributed by atoms with van der Waals surface area (Å²) in [6.45, 7) is 6.37. The number of nitrogens with zero attached hydrogens (tertiary/aromatic N) is 2. The summed E-state index contributed by atoms with van der Waals surface area (Å²) in [5, 5.41) is 7.27. The highest BCUT2D eigenvalue weighted by Gasteiger charge is 2.11.